The summed E-state index contributed by atoms with van der Waals surface area (Å²) in [6.45, 7) is 4.00. The number of carbonyl (C=O) groups excluding carboxylic acids is 1. The minimum absolute atomic E-state index is 0.213. The fourth-order valence-corrected chi connectivity index (χ4v) is 3.05. The van der Waals surface area contributed by atoms with Crippen LogP contribution >= 0.6 is 0 Å². The molecule has 154 valence electrons. The Bertz CT molecular complexity index is 1020. The van der Waals surface area contributed by atoms with Gasteiger partial charge in [0.05, 0.1) is 11.4 Å². The second-order valence-corrected chi connectivity index (χ2v) is 6.69. The fourth-order valence-electron chi connectivity index (χ4n) is 3.05. The van der Waals surface area contributed by atoms with E-state index in [-0.39, 0.29) is 18.2 Å². The van der Waals surface area contributed by atoms with E-state index < -0.39 is 6.36 Å². The van der Waals surface area contributed by atoms with Gasteiger partial charge in [-0.1, -0.05) is 12.1 Å². The third-order valence-electron chi connectivity index (χ3n) is 4.50. The summed E-state index contributed by atoms with van der Waals surface area (Å²) < 4.78 is 42.3. The van der Waals surface area contributed by atoms with Crippen molar-refractivity contribution < 1.29 is 22.7 Å². The first-order valence-electron chi connectivity index (χ1n) is 8.71. The minimum Gasteiger partial charge on any atom is -0.406 e. The maximum Gasteiger partial charge on any atom is 0.573 e. The van der Waals surface area contributed by atoms with Gasteiger partial charge in [0, 0.05) is 31.9 Å². The molecule has 3 aromatic rings. The van der Waals surface area contributed by atoms with Crippen LogP contribution in [0.4, 0.5) is 13.2 Å². The molecule has 2 heterocycles. The second-order valence-electron chi connectivity index (χ2n) is 6.69. The third-order valence-corrected chi connectivity index (χ3v) is 4.50. The van der Waals surface area contributed by atoms with Crippen molar-refractivity contribution in [3.05, 3.63) is 53.0 Å². The zero-order chi connectivity index (χ0) is 21.3. The topological polar surface area (TPSA) is 76.0 Å². The molecule has 7 nitrogen and oxygen atoms in total. The number of H-pyrrole nitrogens is 1. The summed E-state index contributed by atoms with van der Waals surface area (Å²) in [5.74, 6) is -0.603. The Labute approximate surface area is 165 Å². The highest BCUT2D eigenvalue weighted by Gasteiger charge is 2.31. The number of carbonyl (C=O) groups is 1. The first-order valence-corrected chi connectivity index (χ1v) is 8.71. The van der Waals surface area contributed by atoms with E-state index in [1.807, 2.05) is 20.9 Å². The van der Waals surface area contributed by atoms with E-state index in [4.69, 9.17) is 0 Å². The molecule has 1 amide bonds. The van der Waals surface area contributed by atoms with Gasteiger partial charge in [0.1, 0.15) is 11.4 Å². The number of aromatic nitrogens is 4. The largest absolute Gasteiger partial charge is 0.573 e. The molecule has 0 fully saturated rings. The van der Waals surface area contributed by atoms with Gasteiger partial charge < -0.3 is 9.64 Å². The molecule has 10 heteroatoms. The van der Waals surface area contributed by atoms with E-state index in [1.165, 1.54) is 29.2 Å². The molecule has 0 radical (unpaired) electrons. The van der Waals surface area contributed by atoms with Crippen molar-refractivity contribution in [2.75, 3.05) is 7.05 Å². The SMILES string of the molecule is Cc1nn(C)c(C)c1-c1cc(C(=O)N(C)Cc2ccc(OC(F)(F)F)cc2)[nH]n1. The molecule has 0 spiro atoms. The van der Waals surface area contributed by atoms with Crippen LogP contribution in [0.3, 0.4) is 0 Å². The highest BCUT2D eigenvalue weighted by molar-refractivity contribution is 5.93. The van der Waals surface area contributed by atoms with Gasteiger partial charge in [-0.3, -0.25) is 14.6 Å². The number of amides is 1. The van der Waals surface area contributed by atoms with Gasteiger partial charge in [-0.15, -0.1) is 13.2 Å². The Morgan fingerprint density at radius 2 is 1.90 bits per heavy atom. The van der Waals surface area contributed by atoms with Crippen molar-refractivity contribution in [1.82, 2.24) is 24.9 Å². The molecule has 1 aromatic carbocycles. The fraction of sp³-hybridized carbons (Fsp3) is 0.316. The van der Waals surface area contributed by atoms with Crippen LogP contribution in [0.15, 0.2) is 30.3 Å². The number of benzene rings is 1. The lowest BCUT2D eigenvalue weighted by Crippen LogP contribution is -2.26. The molecular weight excluding hydrogens is 387 g/mol. The molecule has 0 aliphatic carbocycles. The van der Waals surface area contributed by atoms with Crippen molar-refractivity contribution in [1.29, 1.82) is 0 Å². The second kappa shape index (κ2) is 7.61. The standard InChI is InChI=1S/C19H20F3N5O2/c1-11-17(12(2)27(4)25-11)15-9-16(24-23-15)18(28)26(3)10-13-5-7-14(8-6-13)29-19(20,21)22/h5-9H,10H2,1-4H3,(H,23,24). The van der Waals surface area contributed by atoms with Crippen LogP contribution in [-0.2, 0) is 13.6 Å². The van der Waals surface area contributed by atoms with E-state index in [0.29, 0.717) is 17.0 Å². The first-order chi connectivity index (χ1) is 13.5. The average Bonchev–Trinajstić information content (AvgIpc) is 3.19. The van der Waals surface area contributed by atoms with E-state index in [9.17, 15) is 18.0 Å². The molecular formula is C19H20F3N5O2. The van der Waals surface area contributed by atoms with Crippen molar-refractivity contribution in [3.63, 3.8) is 0 Å². The molecule has 0 saturated carbocycles. The number of halogens is 3. The molecule has 0 aliphatic heterocycles. The predicted molar refractivity (Wildman–Crippen MR) is 99.2 cm³/mol. The summed E-state index contributed by atoms with van der Waals surface area (Å²) in [5.41, 5.74) is 4.20. The molecule has 0 unspecified atom stereocenters. The zero-order valence-corrected chi connectivity index (χ0v) is 16.3. The average molecular weight is 407 g/mol. The number of nitrogens with one attached hydrogen (secondary N) is 1. The monoisotopic (exact) mass is 407 g/mol. The molecule has 3 rings (SSSR count). The lowest BCUT2D eigenvalue weighted by molar-refractivity contribution is -0.274. The molecule has 0 saturated heterocycles. The van der Waals surface area contributed by atoms with Crippen LogP contribution in [-0.4, -0.2) is 44.2 Å². The summed E-state index contributed by atoms with van der Waals surface area (Å²) in [6.07, 6.45) is -4.74. The van der Waals surface area contributed by atoms with Crippen LogP contribution in [0.5, 0.6) is 5.75 Å². The van der Waals surface area contributed by atoms with Crippen molar-refractivity contribution >= 4 is 5.91 Å². The van der Waals surface area contributed by atoms with Gasteiger partial charge in [0.25, 0.3) is 5.91 Å². The van der Waals surface area contributed by atoms with Crippen LogP contribution in [0.25, 0.3) is 11.3 Å². The Morgan fingerprint density at radius 1 is 1.24 bits per heavy atom. The van der Waals surface area contributed by atoms with Gasteiger partial charge in [-0.25, -0.2) is 0 Å². The zero-order valence-electron chi connectivity index (χ0n) is 16.3. The Morgan fingerprint density at radius 3 is 2.45 bits per heavy atom. The number of rotatable bonds is 5. The highest BCUT2D eigenvalue weighted by Crippen LogP contribution is 2.26. The van der Waals surface area contributed by atoms with Crippen molar-refractivity contribution in [2.24, 2.45) is 7.05 Å². The summed E-state index contributed by atoms with van der Waals surface area (Å²) >= 11 is 0. The lowest BCUT2D eigenvalue weighted by atomic mass is 10.1. The smallest absolute Gasteiger partial charge is 0.406 e. The maximum absolute atomic E-state index is 12.7. The van der Waals surface area contributed by atoms with E-state index >= 15 is 0 Å². The first kappa shape index (κ1) is 20.4. The number of alkyl halides is 3. The number of aryl methyl sites for hydroxylation is 2. The van der Waals surface area contributed by atoms with Crippen LogP contribution in [0, 0.1) is 13.8 Å². The predicted octanol–water partition coefficient (Wildman–Crippen LogP) is 3.60. The number of hydrogen-bond donors (Lipinski definition) is 1. The van der Waals surface area contributed by atoms with Crippen LogP contribution in [0.1, 0.15) is 27.4 Å². The van der Waals surface area contributed by atoms with E-state index in [2.05, 4.69) is 20.0 Å². The number of aromatic amines is 1. The van der Waals surface area contributed by atoms with Crippen molar-refractivity contribution in [3.8, 4) is 17.0 Å². The summed E-state index contributed by atoms with van der Waals surface area (Å²) in [6, 6.07) is 7.04. The third kappa shape index (κ3) is 4.58. The van der Waals surface area contributed by atoms with Crippen LogP contribution < -0.4 is 4.74 Å². The summed E-state index contributed by atoms with van der Waals surface area (Å²) in [7, 11) is 3.44. The van der Waals surface area contributed by atoms with E-state index in [1.54, 1.807) is 17.8 Å². The maximum atomic E-state index is 12.7. The van der Waals surface area contributed by atoms with Gasteiger partial charge in [-0.05, 0) is 37.6 Å². The van der Waals surface area contributed by atoms with E-state index in [0.717, 1.165) is 17.0 Å². The number of hydrogen-bond acceptors (Lipinski definition) is 4. The molecule has 0 atom stereocenters. The van der Waals surface area contributed by atoms with Gasteiger partial charge in [-0.2, -0.15) is 10.2 Å². The number of nitrogens with zero attached hydrogens (tertiary/aromatic N) is 4. The molecule has 29 heavy (non-hydrogen) atoms. The number of ether oxygens (including phenoxy) is 1. The molecule has 2 aromatic heterocycles. The quantitative estimate of drug-likeness (QED) is 0.701. The lowest BCUT2D eigenvalue weighted by Gasteiger charge is -2.16. The van der Waals surface area contributed by atoms with Crippen molar-refractivity contribution in [2.45, 2.75) is 26.8 Å². The summed E-state index contributed by atoms with van der Waals surface area (Å²) in [5, 5.41) is 11.3. The normalized spacial score (nSPS) is 11.6. The van der Waals surface area contributed by atoms with Gasteiger partial charge >= 0.3 is 6.36 Å². The molecule has 0 aliphatic rings. The minimum atomic E-state index is -4.74. The summed E-state index contributed by atoms with van der Waals surface area (Å²) in [4.78, 5) is 14.1. The van der Waals surface area contributed by atoms with Crippen LogP contribution in [0.2, 0.25) is 0 Å². The Kier molecular flexibility index (Phi) is 5.36. The highest BCUT2D eigenvalue weighted by atomic mass is 19.4. The molecule has 0 bridgehead atoms. The van der Waals surface area contributed by atoms with Gasteiger partial charge in [0.2, 0.25) is 0 Å². The molecule has 1 N–H and O–H groups in total. The van der Waals surface area contributed by atoms with Gasteiger partial charge in [0.15, 0.2) is 0 Å². The Hall–Kier alpha value is -3.30. The Balaban J connectivity index is 1.70.